The van der Waals surface area contributed by atoms with E-state index in [-0.39, 0.29) is 22.3 Å². The van der Waals surface area contributed by atoms with Gasteiger partial charge in [0.1, 0.15) is 16.4 Å². The number of pyridine rings is 1. The molecular formula is C11H12Cl2N2O3. The Kier molecular flexibility index (Phi) is 4.53. The number of rotatable bonds is 4. The highest BCUT2D eigenvalue weighted by molar-refractivity contribution is 6.34. The smallest absolute Gasteiger partial charge is 0.329 e. The average molecular weight is 291 g/mol. The second kappa shape index (κ2) is 5.54. The van der Waals surface area contributed by atoms with E-state index in [0.29, 0.717) is 0 Å². The van der Waals surface area contributed by atoms with Crippen molar-refractivity contribution in [2.24, 2.45) is 0 Å². The summed E-state index contributed by atoms with van der Waals surface area (Å²) in [5.41, 5.74) is -1.46. The van der Waals surface area contributed by atoms with Crippen LogP contribution in [-0.4, -0.2) is 27.5 Å². The Hall–Kier alpha value is -1.33. The van der Waals surface area contributed by atoms with E-state index in [1.54, 1.807) is 6.92 Å². The van der Waals surface area contributed by atoms with E-state index < -0.39 is 17.4 Å². The Morgan fingerprint density at radius 1 is 1.44 bits per heavy atom. The molecule has 0 aliphatic rings. The topological polar surface area (TPSA) is 79.3 Å². The van der Waals surface area contributed by atoms with Crippen LogP contribution in [0.25, 0.3) is 0 Å². The van der Waals surface area contributed by atoms with Gasteiger partial charge in [-0.15, -0.1) is 0 Å². The number of amides is 1. The third-order valence-electron chi connectivity index (χ3n) is 2.60. The van der Waals surface area contributed by atoms with Crippen LogP contribution in [0.1, 0.15) is 30.8 Å². The number of aliphatic carboxylic acids is 1. The Balaban J connectivity index is 3.02. The molecule has 5 nitrogen and oxygen atoms in total. The summed E-state index contributed by atoms with van der Waals surface area (Å²) in [5.74, 6) is -1.80. The molecular weight excluding hydrogens is 279 g/mol. The van der Waals surface area contributed by atoms with E-state index in [4.69, 9.17) is 28.3 Å². The lowest BCUT2D eigenvalue weighted by atomic mass is 9.99. The zero-order valence-corrected chi connectivity index (χ0v) is 11.3. The number of carboxylic acid groups (broad SMARTS) is 1. The van der Waals surface area contributed by atoms with Gasteiger partial charge in [0.05, 0.1) is 5.02 Å². The molecule has 0 aliphatic heterocycles. The molecule has 0 bridgehead atoms. The molecule has 1 unspecified atom stereocenters. The maximum absolute atomic E-state index is 11.9. The van der Waals surface area contributed by atoms with Gasteiger partial charge in [-0.1, -0.05) is 30.1 Å². The van der Waals surface area contributed by atoms with Crippen LogP contribution in [0.5, 0.6) is 0 Å². The predicted molar refractivity (Wildman–Crippen MR) is 68.1 cm³/mol. The number of halogens is 2. The molecule has 0 fully saturated rings. The largest absolute Gasteiger partial charge is 0.480 e. The minimum atomic E-state index is -1.37. The number of nitrogens with one attached hydrogen (secondary N) is 1. The Bertz CT molecular complexity index is 493. The van der Waals surface area contributed by atoms with Crippen LogP contribution in [-0.2, 0) is 4.79 Å². The van der Waals surface area contributed by atoms with Crippen molar-refractivity contribution in [1.82, 2.24) is 10.3 Å². The first-order valence-electron chi connectivity index (χ1n) is 5.18. The number of carboxylic acids is 1. The standard InChI is InChI=1S/C11H12Cl2N2O3/c1-3-11(2,10(17)18)15-9(16)8-6(12)4-5-7(13)14-8/h4-5H,3H2,1-2H3,(H,15,16)(H,17,18). The van der Waals surface area contributed by atoms with Gasteiger partial charge in [-0.3, -0.25) is 4.79 Å². The first kappa shape index (κ1) is 14.7. The summed E-state index contributed by atoms with van der Waals surface area (Å²) in [6.07, 6.45) is 0.228. The average Bonchev–Trinajstić information content (AvgIpc) is 2.31. The molecule has 0 saturated carbocycles. The molecule has 7 heteroatoms. The zero-order valence-electron chi connectivity index (χ0n) is 9.83. The van der Waals surface area contributed by atoms with Crippen LogP contribution in [0.15, 0.2) is 12.1 Å². The van der Waals surface area contributed by atoms with Gasteiger partial charge in [0.25, 0.3) is 5.91 Å². The molecule has 18 heavy (non-hydrogen) atoms. The highest BCUT2D eigenvalue weighted by Crippen LogP contribution is 2.18. The molecule has 0 aromatic carbocycles. The molecule has 1 aromatic heterocycles. The fourth-order valence-corrected chi connectivity index (χ4v) is 1.52. The van der Waals surface area contributed by atoms with Gasteiger partial charge in [0.2, 0.25) is 0 Å². The molecule has 1 atom stereocenters. The van der Waals surface area contributed by atoms with Gasteiger partial charge in [-0.05, 0) is 25.5 Å². The number of aromatic nitrogens is 1. The number of carbonyl (C=O) groups excluding carboxylic acids is 1. The SMILES string of the molecule is CCC(C)(NC(=O)c1nc(Cl)ccc1Cl)C(=O)O. The molecule has 1 amide bonds. The number of hydrogen-bond donors (Lipinski definition) is 2. The van der Waals surface area contributed by atoms with Gasteiger partial charge in [-0.2, -0.15) is 0 Å². The van der Waals surface area contributed by atoms with Crippen LogP contribution in [0, 0.1) is 0 Å². The molecule has 0 radical (unpaired) electrons. The summed E-state index contributed by atoms with van der Waals surface area (Å²) in [6, 6.07) is 2.87. The summed E-state index contributed by atoms with van der Waals surface area (Å²) in [4.78, 5) is 26.8. The maximum atomic E-state index is 11.9. The van der Waals surface area contributed by atoms with Crippen molar-refractivity contribution in [1.29, 1.82) is 0 Å². The second-order valence-electron chi connectivity index (χ2n) is 3.91. The third-order valence-corrected chi connectivity index (χ3v) is 3.11. The minimum absolute atomic E-state index is 0.0925. The van der Waals surface area contributed by atoms with Crippen LogP contribution in [0.2, 0.25) is 10.2 Å². The lowest BCUT2D eigenvalue weighted by molar-refractivity contribution is -0.143. The summed E-state index contributed by atoms with van der Waals surface area (Å²) in [5, 5.41) is 11.7. The van der Waals surface area contributed by atoms with Crippen molar-refractivity contribution in [3.63, 3.8) is 0 Å². The van der Waals surface area contributed by atoms with E-state index in [1.807, 2.05) is 0 Å². The molecule has 1 heterocycles. The van der Waals surface area contributed by atoms with E-state index in [2.05, 4.69) is 10.3 Å². The first-order chi connectivity index (χ1) is 8.30. The van der Waals surface area contributed by atoms with Gasteiger partial charge < -0.3 is 10.4 Å². The van der Waals surface area contributed by atoms with E-state index in [9.17, 15) is 9.59 Å². The van der Waals surface area contributed by atoms with Crippen molar-refractivity contribution >= 4 is 35.1 Å². The number of hydrogen-bond acceptors (Lipinski definition) is 3. The monoisotopic (exact) mass is 290 g/mol. The number of nitrogens with zero attached hydrogens (tertiary/aromatic N) is 1. The van der Waals surface area contributed by atoms with E-state index in [0.717, 1.165) is 0 Å². The van der Waals surface area contributed by atoms with Gasteiger partial charge >= 0.3 is 5.97 Å². The molecule has 0 spiro atoms. The molecule has 1 aromatic rings. The Labute approximate surface area is 114 Å². The lowest BCUT2D eigenvalue weighted by Gasteiger charge is -2.24. The molecule has 98 valence electrons. The molecule has 0 aliphatic carbocycles. The van der Waals surface area contributed by atoms with Gasteiger partial charge in [-0.25, -0.2) is 9.78 Å². The van der Waals surface area contributed by atoms with Crippen LogP contribution in [0.3, 0.4) is 0 Å². The summed E-state index contributed by atoms with van der Waals surface area (Å²) in [6.45, 7) is 3.06. The third kappa shape index (κ3) is 3.11. The van der Waals surface area contributed by atoms with Crippen molar-refractivity contribution in [2.45, 2.75) is 25.8 Å². The van der Waals surface area contributed by atoms with Crippen molar-refractivity contribution in [3.8, 4) is 0 Å². The Morgan fingerprint density at radius 2 is 2.06 bits per heavy atom. The lowest BCUT2D eigenvalue weighted by Crippen LogP contribution is -2.51. The molecule has 1 rings (SSSR count). The van der Waals surface area contributed by atoms with Crippen LogP contribution >= 0.6 is 23.2 Å². The predicted octanol–water partition coefficient (Wildman–Crippen LogP) is 2.37. The zero-order chi connectivity index (χ0) is 13.9. The summed E-state index contributed by atoms with van der Waals surface area (Å²) < 4.78 is 0. The normalized spacial score (nSPS) is 13.8. The molecule has 2 N–H and O–H groups in total. The Morgan fingerprint density at radius 3 is 2.56 bits per heavy atom. The van der Waals surface area contributed by atoms with Crippen LogP contribution < -0.4 is 5.32 Å². The number of carbonyl (C=O) groups is 2. The summed E-state index contributed by atoms with van der Waals surface area (Å²) in [7, 11) is 0. The highest BCUT2D eigenvalue weighted by Gasteiger charge is 2.33. The fourth-order valence-electron chi connectivity index (χ4n) is 1.18. The van der Waals surface area contributed by atoms with Crippen molar-refractivity contribution in [2.75, 3.05) is 0 Å². The van der Waals surface area contributed by atoms with Gasteiger partial charge in [0.15, 0.2) is 0 Å². The molecule has 0 saturated heterocycles. The van der Waals surface area contributed by atoms with Crippen LogP contribution in [0.4, 0.5) is 0 Å². The van der Waals surface area contributed by atoms with Crippen molar-refractivity contribution < 1.29 is 14.7 Å². The quantitative estimate of drug-likeness (QED) is 0.835. The summed E-state index contributed by atoms with van der Waals surface area (Å²) >= 11 is 11.5. The van der Waals surface area contributed by atoms with Gasteiger partial charge in [0, 0.05) is 0 Å². The highest BCUT2D eigenvalue weighted by atomic mass is 35.5. The van der Waals surface area contributed by atoms with Crippen molar-refractivity contribution in [3.05, 3.63) is 28.0 Å². The fraction of sp³-hybridized carbons (Fsp3) is 0.364. The first-order valence-corrected chi connectivity index (χ1v) is 5.93. The van der Waals surface area contributed by atoms with E-state index >= 15 is 0 Å². The van der Waals surface area contributed by atoms with E-state index in [1.165, 1.54) is 19.1 Å². The maximum Gasteiger partial charge on any atom is 0.329 e. The minimum Gasteiger partial charge on any atom is -0.480 e. The second-order valence-corrected chi connectivity index (χ2v) is 4.70.